The SMILES string of the molecule is CC(=O)N[C@H]1[C@H](O[C@@H]2[C@H](O)[C@@H](O)[C@H](O[C@H]3[C@H](O)[C@@H](O)[C@H](O)O[C@@H]3CO)O[C@@H]2CO)O[C@H](CO[C@]2(C(=O)O)C[C@H](O)[C@@H](NC(C)=O)[C@H]([C@H](O)[C@@H](CO)O[C@]3(C(=O)O)C[C@H](O)[C@@H](NC(C)=O)[C@H]([C@H](O)[C@H](O)CO)O3)O2)[C@H](O)[C@@H]1O[C@@H]1O[C@H](CO)[C@H](O)[C@H](O[C@]2(C(=O)O)C[C@H](O)[C@@H](NC(C)=O)[C@H]([C@H](O)[C@@H](CO)O[C@]3(C(=O)O)C[C@H](O)[C@@H](NC(C)=O)[C@H]([C@H](O)[C@H](O)CO)O3)O2)[C@H]1O. The van der Waals surface area contributed by atoms with E-state index >= 15 is 0 Å². The molecule has 0 bridgehead atoms. The number of aliphatic hydroxyl groups excluding tert-OH is 25. The fourth-order valence-corrected chi connectivity index (χ4v) is 16.2. The molecule has 8 saturated heterocycles. The number of aliphatic carboxylic acids is 4. The smallest absolute Gasteiger partial charge is 0.364 e. The van der Waals surface area contributed by atoms with Gasteiger partial charge in [0.05, 0.1) is 101 Å². The maximum Gasteiger partial charge on any atom is 0.364 e. The minimum atomic E-state index is -3.73. The zero-order valence-corrected chi connectivity index (χ0v) is 68.3. The lowest BCUT2D eigenvalue weighted by Gasteiger charge is -2.52. The summed E-state index contributed by atoms with van der Waals surface area (Å²) in [5, 5.41) is 335. The minimum Gasteiger partial charge on any atom is -0.477 e. The molecule has 0 spiro atoms. The van der Waals surface area contributed by atoms with Crippen molar-refractivity contribution in [3.63, 3.8) is 0 Å². The van der Waals surface area contributed by atoms with Gasteiger partial charge in [-0.3, -0.25) is 24.0 Å². The minimum absolute atomic E-state index is 0.759. The number of hydrogen-bond acceptors (Lipinski definition) is 49. The number of carboxylic acids is 4. The summed E-state index contributed by atoms with van der Waals surface area (Å²) in [5.74, 6) is -28.8. The third-order valence-corrected chi connectivity index (χ3v) is 22.6. The molecule has 0 saturated carbocycles. The first-order chi connectivity index (χ1) is 59.9. The molecule has 0 radical (unpaired) electrons. The molecular formula is C70H113N5O53. The molecular weight excluding hydrogens is 1760 g/mol. The van der Waals surface area contributed by atoms with Gasteiger partial charge in [-0.1, -0.05) is 0 Å². The first kappa shape index (κ1) is 107. The topological polar surface area (TPSA) is 939 Å². The molecule has 0 aliphatic carbocycles. The Morgan fingerprint density at radius 1 is 0.336 bits per heavy atom. The zero-order chi connectivity index (χ0) is 95.9. The molecule has 736 valence electrons. The largest absolute Gasteiger partial charge is 0.477 e. The van der Waals surface area contributed by atoms with Gasteiger partial charge in [0.2, 0.25) is 29.5 Å². The molecule has 8 aliphatic rings. The Labute approximate surface area is 721 Å². The van der Waals surface area contributed by atoms with Crippen LogP contribution in [0.5, 0.6) is 0 Å². The number of hydrogen-bond donors (Lipinski definition) is 34. The molecule has 0 aromatic carbocycles. The molecule has 58 nitrogen and oxygen atoms in total. The normalized spacial score (nSPS) is 42.5. The lowest BCUT2D eigenvalue weighted by molar-refractivity contribution is -0.392. The molecule has 58 heteroatoms. The van der Waals surface area contributed by atoms with E-state index in [2.05, 4.69) is 26.6 Å². The van der Waals surface area contributed by atoms with Crippen LogP contribution in [0.2, 0.25) is 0 Å². The van der Waals surface area contributed by atoms with Crippen molar-refractivity contribution < 1.29 is 262 Å². The monoisotopic (exact) mass is 1870 g/mol. The Morgan fingerprint density at radius 2 is 0.648 bits per heavy atom. The third-order valence-electron chi connectivity index (χ3n) is 22.6. The fraction of sp³-hybridized carbons (Fsp3) is 0.871. The summed E-state index contributed by atoms with van der Waals surface area (Å²) in [4.78, 5) is 119. The Hall–Kier alpha value is -6.37. The van der Waals surface area contributed by atoms with Crippen molar-refractivity contribution >= 4 is 53.4 Å². The average molecular weight is 1870 g/mol. The van der Waals surface area contributed by atoms with E-state index in [1.165, 1.54) is 0 Å². The lowest BCUT2D eigenvalue weighted by atomic mass is 9.87. The Morgan fingerprint density at radius 3 is 1.03 bits per heavy atom. The van der Waals surface area contributed by atoms with Crippen molar-refractivity contribution in [1.29, 1.82) is 0 Å². The standard InChI is InChI=1S/C70H113N5O53/c1-18(83)71-35-24(89)7-68(64(108)109,125-54(35)40(94)27(92)10-76)122-30(13-79)43(97)56-37(73-20(3)85)23(88)6-67(124-56,63(106)107)114-17-34-45(99)53(39(75-22(5)87)60(118-34)119-52-33(16-82)117-61(49(103)47(52)101)120-51-32(15-81)115-59(105)48(102)46(51)100)121-62-50(104)58(42(96)29(12-78)116-62)128-70(66(112)113)9-26(91)38(74-21(4)86)57(127-70)44(98)31(14-80)123-69(65(110)111)8-25(90)36(72-19(2)84)55(126-69)41(95)28(93)11-77/h23-62,76-82,88-105H,6-17H2,1-5H3,(H,71,83)(H,72,84)(H,73,85)(H,74,86)(H,75,87)(H,106,107)(H,108,109)(H,110,111)(H,112,113)/t23-,24-,25-,26-,27+,28+,29+,30+,31+,32+,33+,34+,35+,36+,37+,38+,39+,40+,41+,42-,43+,44+,45-,46+,47+,48+,49+,50+,51+,52-,53+,54+,55+,56+,57+,58-,59+,60-,61-,62-,67+,68+,69+,70-/m0/s1. The number of carbonyl (C=O) groups excluding carboxylic acids is 5. The molecule has 0 aromatic heterocycles. The van der Waals surface area contributed by atoms with Crippen LogP contribution in [0.25, 0.3) is 0 Å². The van der Waals surface area contributed by atoms with Gasteiger partial charge in [-0.05, 0) is 0 Å². The molecule has 8 heterocycles. The number of nitrogens with one attached hydrogen (secondary N) is 5. The number of rotatable bonds is 39. The van der Waals surface area contributed by atoms with Crippen molar-refractivity contribution in [2.75, 3.05) is 52.9 Å². The van der Waals surface area contributed by atoms with Crippen molar-refractivity contribution in [1.82, 2.24) is 26.6 Å². The number of ether oxygens (including phenoxy) is 15. The van der Waals surface area contributed by atoms with Crippen LogP contribution in [0, 0.1) is 0 Å². The number of carboxylic acid groups (broad SMARTS) is 4. The summed E-state index contributed by atoms with van der Waals surface area (Å²) in [6, 6.07) is -10.3. The number of carbonyl (C=O) groups is 9. The highest BCUT2D eigenvalue weighted by atomic mass is 16.8. The van der Waals surface area contributed by atoms with Gasteiger partial charge in [-0.2, -0.15) is 0 Å². The number of amides is 5. The lowest BCUT2D eigenvalue weighted by Crippen LogP contribution is -2.72. The summed E-state index contributed by atoms with van der Waals surface area (Å²) < 4.78 is 86.8. The van der Waals surface area contributed by atoms with Crippen LogP contribution >= 0.6 is 0 Å². The van der Waals surface area contributed by atoms with E-state index in [0.717, 1.165) is 34.6 Å². The molecule has 8 rings (SSSR count). The van der Waals surface area contributed by atoms with Gasteiger partial charge in [-0.15, -0.1) is 0 Å². The van der Waals surface area contributed by atoms with Gasteiger partial charge in [0.1, 0.15) is 171 Å². The van der Waals surface area contributed by atoms with Crippen LogP contribution < -0.4 is 26.6 Å². The molecule has 34 N–H and O–H groups in total. The predicted molar refractivity (Wildman–Crippen MR) is 391 cm³/mol. The molecule has 8 aliphatic heterocycles. The van der Waals surface area contributed by atoms with Gasteiger partial charge in [0.15, 0.2) is 25.2 Å². The van der Waals surface area contributed by atoms with E-state index in [9.17, 15) is 191 Å². The van der Waals surface area contributed by atoms with Crippen molar-refractivity contribution in [3.05, 3.63) is 0 Å². The quantitative estimate of drug-likeness (QED) is 0.0272. The Kier molecular flexibility index (Phi) is 37.3. The second-order valence-corrected chi connectivity index (χ2v) is 31.8. The van der Waals surface area contributed by atoms with Gasteiger partial charge < -0.3 is 246 Å². The van der Waals surface area contributed by atoms with E-state index in [4.69, 9.17) is 71.1 Å². The summed E-state index contributed by atoms with van der Waals surface area (Å²) in [6.45, 7) is -7.12. The van der Waals surface area contributed by atoms with Crippen LogP contribution in [0.4, 0.5) is 0 Å². The first-order valence-electron chi connectivity index (χ1n) is 39.6. The maximum absolute atomic E-state index is 14.0. The first-order valence-corrected chi connectivity index (χ1v) is 39.6. The van der Waals surface area contributed by atoms with E-state index in [0.29, 0.717) is 0 Å². The van der Waals surface area contributed by atoms with E-state index in [1.54, 1.807) is 0 Å². The van der Waals surface area contributed by atoms with Crippen LogP contribution in [0.3, 0.4) is 0 Å². The zero-order valence-electron chi connectivity index (χ0n) is 68.3. The van der Waals surface area contributed by atoms with Crippen molar-refractivity contribution in [2.45, 2.75) is 328 Å². The van der Waals surface area contributed by atoms with Crippen molar-refractivity contribution in [3.8, 4) is 0 Å². The van der Waals surface area contributed by atoms with Gasteiger partial charge in [0.25, 0.3) is 23.1 Å². The second-order valence-electron chi connectivity index (χ2n) is 31.8. The highest BCUT2D eigenvalue weighted by Gasteiger charge is 2.66. The van der Waals surface area contributed by atoms with E-state index < -0.39 is 400 Å². The summed E-state index contributed by atoms with van der Waals surface area (Å²) in [5.41, 5.74) is 0. The van der Waals surface area contributed by atoms with Crippen LogP contribution in [-0.4, -0.2) is 522 Å². The van der Waals surface area contributed by atoms with Gasteiger partial charge in [-0.25, -0.2) is 19.2 Å². The van der Waals surface area contributed by atoms with Crippen molar-refractivity contribution in [2.24, 2.45) is 0 Å². The summed E-state index contributed by atoms with van der Waals surface area (Å²) in [6.07, 6.45) is -90.5. The fourth-order valence-electron chi connectivity index (χ4n) is 16.2. The average Bonchev–Trinajstić information content (AvgIpc) is 0.751. The van der Waals surface area contributed by atoms with Crippen LogP contribution in [0.1, 0.15) is 60.3 Å². The van der Waals surface area contributed by atoms with E-state index in [1.807, 2.05) is 0 Å². The van der Waals surface area contributed by atoms with Crippen LogP contribution in [-0.2, 0) is 114 Å². The van der Waals surface area contributed by atoms with Gasteiger partial charge in [0, 0.05) is 60.3 Å². The predicted octanol–water partition coefficient (Wildman–Crippen LogP) is -20.9. The van der Waals surface area contributed by atoms with Crippen LogP contribution in [0.15, 0.2) is 0 Å². The Balaban J connectivity index is 1.19. The van der Waals surface area contributed by atoms with Gasteiger partial charge >= 0.3 is 23.9 Å². The van der Waals surface area contributed by atoms with E-state index in [-0.39, 0.29) is 0 Å². The molecule has 44 atom stereocenters. The Bertz CT molecular complexity index is 3720. The highest BCUT2D eigenvalue weighted by Crippen LogP contribution is 2.45. The molecule has 0 aromatic rings. The molecule has 5 amide bonds. The second kappa shape index (κ2) is 44.7. The number of aliphatic hydroxyl groups is 25. The molecule has 8 fully saturated rings. The highest BCUT2D eigenvalue weighted by molar-refractivity contribution is 5.79. The summed E-state index contributed by atoms with van der Waals surface area (Å²) in [7, 11) is 0. The molecule has 128 heavy (non-hydrogen) atoms. The third kappa shape index (κ3) is 23.3. The maximum atomic E-state index is 14.0. The molecule has 0 unspecified atom stereocenters. The summed E-state index contributed by atoms with van der Waals surface area (Å²) >= 11 is 0.